The van der Waals surface area contributed by atoms with E-state index in [-0.39, 0.29) is 24.3 Å². The van der Waals surface area contributed by atoms with Crippen LogP contribution in [-0.4, -0.2) is 24.3 Å². The van der Waals surface area contributed by atoms with E-state index in [9.17, 15) is 14.9 Å². The summed E-state index contributed by atoms with van der Waals surface area (Å²) in [6.07, 6.45) is 1.81. The van der Waals surface area contributed by atoms with Crippen LogP contribution in [-0.2, 0) is 16.1 Å². The van der Waals surface area contributed by atoms with Crippen molar-refractivity contribution in [2.75, 3.05) is 13.7 Å². The number of hydrogen-bond acceptors (Lipinski definition) is 8. The molecule has 1 aromatic heterocycles. The Balaban J connectivity index is 1.39. The highest BCUT2D eigenvalue weighted by atomic mass is 32.1. The van der Waals surface area contributed by atoms with E-state index in [1.807, 2.05) is 115 Å². The molecule has 0 radical (unpaired) electrons. The molecule has 0 fully saturated rings. The van der Waals surface area contributed by atoms with Crippen LogP contribution in [0.2, 0.25) is 0 Å². The molecule has 1 aliphatic heterocycles. The van der Waals surface area contributed by atoms with Crippen LogP contribution in [0.25, 0.3) is 22.5 Å². The first-order chi connectivity index (χ1) is 24.5. The number of ether oxygens (including phenoxy) is 3. The van der Waals surface area contributed by atoms with Gasteiger partial charge in [0.15, 0.2) is 4.80 Å². The van der Waals surface area contributed by atoms with Crippen LogP contribution >= 0.6 is 11.3 Å². The summed E-state index contributed by atoms with van der Waals surface area (Å²) in [5.41, 5.74) is 3.95. The summed E-state index contributed by atoms with van der Waals surface area (Å²) >= 11 is 1.25. The number of thiazole rings is 1. The fourth-order valence-corrected chi connectivity index (χ4v) is 7.18. The number of nitriles is 1. The molecule has 0 unspecified atom stereocenters. The number of methoxy groups -OCH3 is 1. The van der Waals surface area contributed by atoms with E-state index in [4.69, 9.17) is 19.2 Å². The smallest absolute Gasteiger partial charge is 0.338 e. The van der Waals surface area contributed by atoms with Crippen molar-refractivity contribution in [2.45, 2.75) is 19.6 Å². The van der Waals surface area contributed by atoms with Gasteiger partial charge >= 0.3 is 5.97 Å². The highest BCUT2D eigenvalue weighted by molar-refractivity contribution is 7.07. The highest BCUT2D eigenvalue weighted by Gasteiger charge is 2.37. The van der Waals surface area contributed by atoms with Gasteiger partial charge in [0.05, 0.1) is 41.2 Å². The van der Waals surface area contributed by atoms with Crippen LogP contribution in [0.4, 0.5) is 0 Å². The zero-order valence-electron chi connectivity index (χ0n) is 27.3. The number of rotatable bonds is 9. The number of fused-ring (bicyclic) bond motifs is 2. The number of hydrogen-bond donors (Lipinski definition) is 0. The monoisotopic (exact) mass is 677 g/mol. The Morgan fingerprint density at radius 1 is 0.940 bits per heavy atom. The fourth-order valence-electron chi connectivity index (χ4n) is 6.18. The van der Waals surface area contributed by atoms with Gasteiger partial charge in [-0.15, -0.1) is 0 Å². The van der Waals surface area contributed by atoms with Gasteiger partial charge in [0.25, 0.3) is 5.56 Å². The molecule has 8 nitrogen and oxygen atoms in total. The van der Waals surface area contributed by atoms with Crippen molar-refractivity contribution in [1.29, 1.82) is 5.26 Å². The van der Waals surface area contributed by atoms with Crippen LogP contribution in [0.15, 0.2) is 131 Å². The maximum Gasteiger partial charge on any atom is 0.338 e. The van der Waals surface area contributed by atoms with Gasteiger partial charge in [0.1, 0.15) is 24.1 Å². The lowest BCUT2D eigenvalue weighted by Gasteiger charge is -2.28. The van der Waals surface area contributed by atoms with Gasteiger partial charge < -0.3 is 14.2 Å². The van der Waals surface area contributed by atoms with Crippen molar-refractivity contribution in [2.24, 2.45) is 4.99 Å². The second-order valence-electron chi connectivity index (χ2n) is 11.5. The Kier molecular flexibility index (Phi) is 9.10. The van der Waals surface area contributed by atoms with Crippen molar-refractivity contribution in [3.8, 4) is 17.6 Å². The molecular weight excluding hydrogens is 647 g/mol. The Morgan fingerprint density at radius 3 is 2.44 bits per heavy atom. The van der Waals surface area contributed by atoms with Gasteiger partial charge in [-0.1, -0.05) is 102 Å². The standard InChI is InChI=1S/C41H31N3O5S/c1-3-48-40(46)36-37(28-12-5-4-6-13-28)43-41-44(38(36)35-32-16-10-9-11-27(32)19-22-33(35)47-2)39(45)34(50-41)23-26-17-20-31(21-18-26)49-25-30-15-8-7-14-29(30)24-42/h4-23,38H,3,25H2,1-2H3/b34-23-/t38-/m0/s1. The molecule has 1 atom stereocenters. The molecule has 50 heavy (non-hydrogen) atoms. The molecule has 0 aliphatic carbocycles. The molecule has 2 heterocycles. The van der Waals surface area contributed by atoms with Crippen LogP contribution < -0.4 is 24.4 Å². The molecule has 0 spiro atoms. The van der Waals surface area contributed by atoms with Crippen LogP contribution in [0, 0.1) is 11.3 Å². The maximum absolute atomic E-state index is 14.5. The molecule has 0 N–H and O–H groups in total. The van der Waals surface area contributed by atoms with E-state index in [1.165, 1.54) is 11.3 Å². The van der Waals surface area contributed by atoms with E-state index in [2.05, 4.69) is 6.07 Å². The van der Waals surface area contributed by atoms with Crippen molar-refractivity contribution in [1.82, 2.24) is 4.57 Å². The third-order valence-corrected chi connectivity index (χ3v) is 9.49. The number of aromatic nitrogens is 1. The molecule has 0 saturated heterocycles. The summed E-state index contributed by atoms with van der Waals surface area (Å²) in [4.78, 5) is 33.9. The van der Waals surface area contributed by atoms with Gasteiger partial charge in [0.2, 0.25) is 0 Å². The lowest BCUT2D eigenvalue weighted by molar-refractivity contribution is -0.138. The second-order valence-corrected chi connectivity index (χ2v) is 12.5. The Hall–Kier alpha value is -6.24. The summed E-state index contributed by atoms with van der Waals surface area (Å²) in [7, 11) is 1.58. The number of nitrogens with zero attached hydrogens (tertiary/aromatic N) is 3. The van der Waals surface area contributed by atoms with E-state index in [0.717, 1.165) is 27.5 Å². The lowest BCUT2D eigenvalue weighted by atomic mass is 9.89. The number of benzene rings is 5. The second kappa shape index (κ2) is 14.1. The first-order valence-corrected chi connectivity index (χ1v) is 16.9. The largest absolute Gasteiger partial charge is 0.496 e. The van der Waals surface area contributed by atoms with Crippen LogP contribution in [0.1, 0.15) is 40.8 Å². The zero-order valence-corrected chi connectivity index (χ0v) is 28.1. The van der Waals surface area contributed by atoms with E-state index >= 15 is 0 Å². The topological polar surface area (TPSA) is 103 Å². The Bertz CT molecular complexity index is 2490. The average molecular weight is 678 g/mol. The molecular formula is C41H31N3O5S. The normalized spacial score (nSPS) is 14.1. The third-order valence-electron chi connectivity index (χ3n) is 8.51. The minimum atomic E-state index is -0.893. The molecule has 246 valence electrons. The Labute approximate surface area is 292 Å². The molecule has 9 heteroatoms. The van der Waals surface area contributed by atoms with E-state index in [1.54, 1.807) is 24.7 Å². The van der Waals surface area contributed by atoms with Crippen molar-refractivity contribution in [3.63, 3.8) is 0 Å². The minimum absolute atomic E-state index is 0.152. The van der Waals surface area contributed by atoms with Crippen LogP contribution in [0.3, 0.4) is 0 Å². The quantitative estimate of drug-likeness (QED) is 0.161. The summed E-state index contributed by atoms with van der Waals surface area (Å²) in [5, 5.41) is 11.2. The third kappa shape index (κ3) is 6.09. The molecule has 5 aromatic carbocycles. The lowest BCUT2D eigenvalue weighted by Crippen LogP contribution is -2.40. The van der Waals surface area contributed by atoms with Crippen molar-refractivity contribution < 1.29 is 19.0 Å². The molecule has 0 amide bonds. The van der Waals surface area contributed by atoms with Gasteiger partial charge in [-0.05, 0) is 53.6 Å². The molecule has 6 aromatic rings. The average Bonchev–Trinajstić information content (AvgIpc) is 3.47. The first kappa shape index (κ1) is 32.3. The number of esters is 1. The predicted molar refractivity (Wildman–Crippen MR) is 193 cm³/mol. The predicted octanol–water partition coefficient (Wildman–Crippen LogP) is 6.55. The fraction of sp³-hybridized carbons (Fsp3) is 0.122. The highest BCUT2D eigenvalue weighted by Crippen LogP contribution is 2.42. The summed E-state index contributed by atoms with van der Waals surface area (Å²) in [5.74, 6) is 0.607. The van der Waals surface area contributed by atoms with Gasteiger partial charge in [-0.25, -0.2) is 9.79 Å². The molecule has 7 rings (SSSR count). The van der Waals surface area contributed by atoms with E-state index < -0.39 is 12.0 Å². The maximum atomic E-state index is 14.5. The van der Waals surface area contributed by atoms with Crippen molar-refractivity contribution >= 4 is 39.9 Å². The molecule has 1 aliphatic rings. The van der Waals surface area contributed by atoms with Crippen LogP contribution in [0.5, 0.6) is 11.5 Å². The van der Waals surface area contributed by atoms with Gasteiger partial charge in [-0.2, -0.15) is 5.26 Å². The van der Waals surface area contributed by atoms with Crippen molar-refractivity contribution in [3.05, 3.63) is 168 Å². The Morgan fingerprint density at radius 2 is 1.68 bits per heavy atom. The molecule has 0 saturated carbocycles. The summed E-state index contributed by atoms with van der Waals surface area (Å²) in [6, 6.07) is 37.1. The minimum Gasteiger partial charge on any atom is -0.496 e. The molecule has 0 bridgehead atoms. The van der Waals surface area contributed by atoms with Gasteiger partial charge in [-0.3, -0.25) is 9.36 Å². The SMILES string of the molecule is CCOC(=O)C1=C(c2ccccc2)N=c2s/c(=C\c3ccc(OCc4ccccc4C#N)cc3)c(=O)n2[C@H]1c1c(OC)ccc2ccccc12. The summed E-state index contributed by atoms with van der Waals surface area (Å²) < 4.78 is 19.6. The zero-order chi connectivity index (χ0) is 34.6. The number of carbonyl (C=O) groups is 1. The summed E-state index contributed by atoms with van der Waals surface area (Å²) in [6.45, 7) is 2.16. The number of carbonyl (C=O) groups excluding carboxylic acids is 1. The first-order valence-electron chi connectivity index (χ1n) is 16.1. The van der Waals surface area contributed by atoms with E-state index in [0.29, 0.717) is 37.7 Å². The van der Waals surface area contributed by atoms with Gasteiger partial charge in [0, 0.05) is 16.7 Å².